The van der Waals surface area contributed by atoms with Crippen LogP contribution in [0.25, 0.3) is 0 Å². The minimum absolute atomic E-state index is 0.202. The highest BCUT2D eigenvalue weighted by atomic mass is 79.9. The molecule has 0 amide bonds. The Kier molecular flexibility index (Phi) is 3.60. The molecule has 2 rings (SSSR count). The standard InChI is InChI=1S/C12H14BrF2N/c13-10-5-2-1-4-9(10)8-12(14,15)11-6-3-7-16-11/h1-2,4-5,11,16H,3,6-8H2. The normalized spacial score (nSPS) is 21.3. The molecule has 1 aromatic carbocycles. The van der Waals surface area contributed by atoms with E-state index in [0.717, 1.165) is 10.9 Å². The molecule has 1 aromatic rings. The zero-order valence-electron chi connectivity index (χ0n) is 8.85. The lowest BCUT2D eigenvalue weighted by Crippen LogP contribution is -2.42. The molecule has 1 aliphatic heterocycles. The van der Waals surface area contributed by atoms with Gasteiger partial charge in [0.25, 0.3) is 5.92 Å². The summed E-state index contributed by atoms with van der Waals surface area (Å²) in [6.45, 7) is 0.705. The predicted molar refractivity (Wildman–Crippen MR) is 63.8 cm³/mol. The van der Waals surface area contributed by atoms with Crippen molar-refractivity contribution in [2.75, 3.05) is 6.54 Å². The van der Waals surface area contributed by atoms with E-state index in [0.29, 0.717) is 18.5 Å². The van der Waals surface area contributed by atoms with Crippen molar-refractivity contribution in [2.24, 2.45) is 0 Å². The molecule has 0 aliphatic carbocycles. The molecule has 1 heterocycles. The summed E-state index contributed by atoms with van der Waals surface area (Å²) >= 11 is 3.30. The van der Waals surface area contributed by atoms with Crippen molar-refractivity contribution in [1.82, 2.24) is 5.32 Å². The molecular formula is C12H14BrF2N. The second-order valence-corrected chi connectivity index (χ2v) is 5.03. The minimum Gasteiger partial charge on any atom is -0.309 e. The Morgan fingerprint density at radius 1 is 1.38 bits per heavy atom. The van der Waals surface area contributed by atoms with Crippen LogP contribution in [0, 0.1) is 0 Å². The number of hydrogen-bond donors (Lipinski definition) is 1. The highest BCUT2D eigenvalue weighted by Gasteiger charge is 2.41. The average Bonchev–Trinajstić information content (AvgIpc) is 2.75. The van der Waals surface area contributed by atoms with E-state index in [9.17, 15) is 8.78 Å². The van der Waals surface area contributed by atoms with Crippen molar-refractivity contribution in [3.8, 4) is 0 Å². The van der Waals surface area contributed by atoms with Gasteiger partial charge in [-0.1, -0.05) is 34.1 Å². The maximum absolute atomic E-state index is 13.9. The fourth-order valence-electron chi connectivity index (χ4n) is 2.06. The second kappa shape index (κ2) is 4.80. The van der Waals surface area contributed by atoms with E-state index in [4.69, 9.17) is 0 Å². The number of benzene rings is 1. The second-order valence-electron chi connectivity index (χ2n) is 4.18. The van der Waals surface area contributed by atoms with Crippen LogP contribution in [0.4, 0.5) is 8.78 Å². The Hall–Kier alpha value is -0.480. The topological polar surface area (TPSA) is 12.0 Å². The summed E-state index contributed by atoms with van der Waals surface area (Å²) in [6.07, 6.45) is 1.21. The Morgan fingerprint density at radius 3 is 2.75 bits per heavy atom. The molecule has 16 heavy (non-hydrogen) atoms. The van der Waals surface area contributed by atoms with Gasteiger partial charge < -0.3 is 5.32 Å². The molecule has 0 aromatic heterocycles. The molecule has 1 unspecified atom stereocenters. The third kappa shape index (κ3) is 2.61. The summed E-state index contributed by atoms with van der Waals surface area (Å²) in [4.78, 5) is 0. The zero-order valence-corrected chi connectivity index (χ0v) is 10.4. The molecule has 0 saturated carbocycles. The van der Waals surface area contributed by atoms with E-state index in [-0.39, 0.29) is 6.42 Å². The first-order chi connectivity index (χ1) is 7.59. The van der Waals surface area contributed by atoms with E-state index < -0.39 is 12.0 Å². The van der Waals surface area contributed by atoms with Gasteiger partial charge in [-0.2, -0.15) is 0 Å². The molecule has 1 atom stereocenters. The van der Waals surface area contributed by atoms with E-state index in [1.165, 1.54) is 0 Å². The molecule has 0 radical (unpaired) electrons. The van der Waals surface area contributed by atoms with Crippen LogP contribution >= 0.6 is 15.9 Å². The van der Waals surface area contributed by atoms with Crippen LogP contribution in [-0.4, -0.2) is 18.5 Å². The van der Waals surface area contributed by atoms with E-state index in [1.54, 1.807) is 18.2 Å². The van der Waals surface area contributed by atoms with Crippen molar-refractivity contribution in [2.45, 2.75) is 31.2 Å². The van der Waals surface area contributed by atoms with Crippen molar-refractivity contribution >= 4 is 15.9 Å². The summed E-state index contributed by atoms with van der Waals surface area (Å²) in [5.41, 5.74) is 0.668. The van der Waals surface area contributed by atoms with Gasteiger partial charge >= 0.3 is 0 Å². The van der Waals surface area contributed by atoms with E-state index in [1.807, 2.05) is 6.07 Å². The Labute approximate surface area is 102 Å². The van der Waals surface area contributed by atoms with Crippen LogP contribution in [0.3, 0.4) is 0 Å². The fourth-order valence-corrected chi connectivity index (χ4v) is 2.49. The number of halogens is 3. The van der Waals surface area contributed by atoms with Gasteiger partial charge in [0.05, 0.1) is 6.04 Å². The molecule has 0 bridgehead atoms. The summed E-state index contributed by atoms with van der Waals surface area (Å²) in [7, 11) is 0. The van der Waals surface area contributed by atoms with Crippen molar-refractivity contribution in [1.29, 1.82) is 0 Å². The van der Waals surface area contributed by atoms with Gasteiger partial charge in [-0.3, -0.25) is 0 Å². The number of rotatable bonds is 3. The summed E-state index contributed by atoms with van der Waals surface area (Å²) < 4.78 is 28.6. The Balaban J connectivity index is 2.10. The quantitative estimate of drug-likeness (QED) is 0.900. The van der Waals surface area contributed by atoms with Crippen LogP contribution in [0.15, 0.2) is 28.7 Å². The van der Waals surface area contributed by atoms with Gasteiger partial charge in [0.2, 0.25) is 0 Å². The molecule has 1 aliphatic rings. The summed E-state index contributed by atoms with van der Waals surface area (Å²) in [6, 6.07) is 6.50. The number of alkyl halides is 2. The largest absolute Gasteiger partial charge is 0.309 e. The Morgan fingerprint density at radius 2 is 2.12 bits per heavy atom. The highest BCUT2D eigenvalue weighted by molar-refractivity contribution is 9.10. The first kappa shape index (κ1) is 12.0. The SMILES string of the molecule is FC(F)(Cc1ccccc1Br)C1CCCN1. The first-order valence-electron chi connectivity index (χ1n) is 5.44. The third-order valence-electron chi connectivity index (χ3n) is 2.95. The van der Waals surface area contributed by atoms with Crippen LogP contribution in [0.2, 0.25) is 0 Å². The molecular weight excluding hydrogens is 276 g/mol. The predicted octanol–water partition coefficient (Wildman–Crippen LogP) is 3.38. The average molecular weight is 290 g/mol. The van der Waals surface area contributed by atoms with Gasteiger partial charge in [0.1, 0.15) is 0 Å². The lowest BCUT2D eigenvalue weighted by atomic mass is 10.00. The molecule has 1 N–H and O–H groups in total. The van der Waals surface area contributed by atoms with Gasteiger partial charge in [0.15, 0.2) is 0 Å². The maximum atomic E-state index is 13.9. The van der Waals surface area contributed by atoms with Crippen molar-refractivity contribution < 1.29 is 8.78 Å². The van der Waals surface area contributed by atoms with Crippen LogP contribution in [-0.2, 0) is 6.42 Å². The maximum Gasteiger partial charge on any atom is 0.267 e. The monoisotopic (exact) mass is 289 g/mol. The smallest absolute Gasteiger partial charge is 0.267 e. The highest BCUT2D eigenvalue weighted by Crippen LogP contribution is 2.31. The van der Waals surface area contributed by atoms with Crippen molar-refractivity contribution in [3.05, 3.63) is 34.3 Å². The van der Waals surface area contributed by atoms with Gasteiger partial charge in [-0.25, -0.2) is 8.78 Å². The first-order valence-corrected chi connectivity index (χ1v) is 6.23. The lowest BCUT2D eigenvalue weighted by Gasteiger charge is -2.23. The molecule has 4 heteroatoms. The number of hydrogen-bond acceptors (Lipinski definition) is 1. The third-order valence-corrected chi connectivity index (χ3v) is 3.73. The Bertz CT molecular complexity index is 362. The molecule has 1 saturated heterocycles. The molecule has 0 spiro atoms. The minimum atomic E-state index is -2.67. The van der Waals surface area contributed by atoms with Crippen molar-refractivity contribution in [3.63, 3.8) is 0 Å². The molecule has 1 fully saturated rings. The van der Waals surface area contributed by atoms with E-state index in [2.05, 4.69) is 21.2 Å². The zero-order chi connectivity index (χ0) is 11.6. The lowest BCUT2D eigenvalue weighted by molar-refractivity contribution is -0.0308. The number of nitrogens with one attached hydrogen (secondary N) is 1. The molecule has 88 valence electrons. The van der Waals surface area contributed by atoms with Gasteiger partial charge in [-0.05, 0) is 31.0 Å². The van der Waals surface area contributed by atoms with Crippen LogP contribution in [0.1, 0.15) is 18.4 Å². The fraction of sp³-hybridized carbons (Fsp3) is 0.500. The summed E-state index contributed by atoms with van der Waals surface area (Å²) in [5, 5.41) is 2.87. The van der Waals surface area contributed by atoms with Gasteiger partial charge in [-0.15, -0.1) is 0 Å². The molecule has 1 nitrogen and oxygen atoms in total. The van der Waals surface area contributed by atoms with E-state index >= 15 is 0 Å². The van der Waals surface area contributed by atoms with Crippen LogP contribution in [0.5, 0.6) is 0 Å². The van der Waals surface area contributed by atoms with Crippen LogP contribution < -0.4 is 5.32 Å². The summed E-state index contributed by atoms with van der Waals surface area (Å²) in [5.74, 6) is -2.67. The van der Waals surface area contributed by atoms with Gasteiger partial charge in [0, 0.05) is 10.9 Å².